The summed E-state index contributed by atoms with van der Waals surface area (Å²) in [7, 11) is 0. The number of thiazole rings is 1. The lowest BCUT2D eigenvalue weighted by Gasteiger charge is -2.20. The number of carbonyl (C=O) groups is 2. The molecule has 8 nitrogen and oxygen atoms in total. The number of benzene rings is 1. The third-order valence-corrected chi connectivity index (χ3v) is 8.13. The van der Waals surface area contributed by atoms with Crippen molar-refractivity contribution in [2.75, 3.05) is 31.5 Å². The molecule has 1 amide bonds. The molecule has 1 aromatic carbocycles. The summed E-state index contributed by atoms with van der Waals surface area (Å²) in [6, 6.07) is 10.6. The second-order valence-corrected chi connectivity index (χ2v) is 10.8. The van der Waals surface area contributed by atoms with Gasteiger partial charge in [-0.15, -0.1) is 11.3 Å². The van der Waals surface area contributed by atoms with Crippen LogP contribution < -0.4 is 10.6 Å². The largest absolute Gasteiger partial charge is 0.480 e. The zero-order valence-corrected chi connectivity index (χ0v) is 21.7. The van der Waals surface area contributed by atoms with Gasteiger partial charge in [0.15, 0.2) is 0 Å². The van der Waals surface area contributed by atoms with E-state index in [2.05, 4.69) is 32.7 Å². The molecule has 0 saturated carbocycles. The van der Waals surface area contributed by atoms with Gasteiger partial charge in [-0.3, -0.25) is 9.78 Å². The van der Waals surface area contributed by atoms with Crippen molar-refractivity contribution in [1.82, 2.24) is 20.2 Å². The van der Waals surface area contributed by atoms with Gasteiger partial charge in [0.25, 0.3) is 5.91 Å². The van der Waals surface area contributed by atoms with Crippen molar-refractivity contribution in [2.24, 2.45) is 5.92 Å². The Morgan fingerprint density at radius 1 is 1.27 bits per heavy atom. The summed E-state index contributed by atoms with van der Waals surface area (Å²) in [4.78, 5) is 36.9. The summed E-state index contributed by atoms with van der Waals surface area (Å²) in [5.74, 6) is 0.256. The zero-order chi connectivity index (χ0) is 25.6. The fraction of sp³-hybridized carbons (Fsp3) is 0.429. The van der Waals surface area contributed by atoms with Crippen LogP contribution in [0.15, 0.2) is 48.1 Å². The zero-order valence-electron chi connectivity index (χ0n) is 20.9. The van der Waals surface area contributed by atoms with E-state index in [1.807, 2.05) is 6.07 Å². The highest BCUT2D eigenvalue weighted by atomic mass is 32.1. The Balaban J connectivity index is 1.09. The van der Waals surface area contributed by atoms with E-state index in [1.165, 1.54) is 23.3 Å². The third kappa shape index (κ3) is 6.53. The molecular formula is C28H33N5O3S. The maximum absolute atomic E-state index is 12.8. The van der Waals surface area contributed by atoms with Gasteiger partial charge in [0.1, 0.15) is 11.9 Å². The highest BCUT2D eigenvalue weighted by Crippen LogP contribution is 2.25. The first kappa shape index (κ1) is 25.4. The molecule has 1 saturated heterocycles. The van der Waals surface area contributed by atoms with Gasteiger partial charge in [-0.1, -0.05) is 18.2 Å². The summed E-state index contributed by atoms with van der Waals surface area (Å²) in [5, 5.41) is 15.9. The highest BCUT2D eigenvalue weighted by Gasteiger charge is 2.26. The van der Waals surface area contributed by atoms with E-state index in [-0.39, 0.29) is 5.91 Å². The molecule has 3 N–H and O–H groups in total. The van der Waals surface area contributed by atoms with E-state index in [4.69, 9.17) is 4.98 Å². The number of aromatic nitrogens is 2. The van der Waals surface area contributed by atoms with Gasteiger partial charge >= 0.3 is 5.97 Å². The Morgan fingerprint density at radius 2 is 2.19 bits per heavy atom. The van der Waals surface area contributed by atoms with E-state index >= 15 is 0 Å². The number of fused-ring (bicyclic) bond motifs is 1. The molecule has 1 fully saturated rings. The Kier molecular flexibility index (Phi) is 8.11. The number of aliphatic carboxylic acids is 1. The molecule has 9 heteroatoms. The number of carboxylic acids is 1. The van der Waals surface area contributed by atoms with Crippen molar-refractivity contribution >= 4 is 29.0 Å². The molecule has 4 heterocycles. The number of aryl methyl sites for hydroxylation is 2. The van der Waals surface area contributed by atoms with Crippen LogP contribution in [0, 0.1) is 5.92 Å². The van der Waals surface area contributed by atoms with Crippen molar-refractivity contribution in [3.05, 3.63) is 64.9 Å². The summed E-state index contributed by atoms with van der Waals surface area (Å²) in [6.07, 6.45) is 7.55. The Hall–Kier alpha value is -3.30. The van der Waals surface area contributed by atoms with Crippen molar-refractivity contribution in [3.63, 3.8) is 0 Å². The molecule has 2 aliphatic heterocycles. The molecule has 194 valence electrons. The number of hydrogen-bond donors (Lipinski definition) is 3. The van der Waals surface area contributed by atoms with Gasteiger partial charge in [0.2, 0.25) is 0 Å². The fourth-order valence-electron chi connectivity index (χ4n) is 5.19. The Morgan fingerprint density at radius 3 is 3.03 bits per heavy atom. The van der Waals surface area contributed by atoms with Crippen LogP contribution in [0.4, 0.5) is 5.82 Å². The smallest absolute Gasteiger partial charge is 0.326 e. The van der Waals surface area contributed by atoms with Crippen LogP contribution in [0.5, 0.6) is 0 Å². The van der Waals surface area contributed by atoms with E-state index in [1.54, 1.807) is 29.9 Å². The molecule has 0 unspecified atom stereocenters. The van der Waals surface area contributed by atoms with E-state index < -0.39 is 12.0 Å². The minimum atomic E-state index is -1.00. The number of anilines is 1. The maximum atomic E-state index is 12.8. The number of carboxylic acid groups (broad SMARTS) is 1. The molecule has 0 spiro atoms. The molecule has 2 aliphatic rings. The van der Waals surface area contributed by atoms with Crippen molar-refractivity contribution < 1.29 is 14.7 Å². The van der Waals surface area contributed by atoms with E-state index in [9.17, 15) is 14.7 Å². The number of carbonyl (C=O) groups excluding carboxylic acids is 1. The van der Waals surface area contributed by atoms with Crippen LogP contribution >= 0.6 is 11.3 Å². The van der Waals surface area contributed by atoms with Crippen LogP contribution in [0.1, 0.15) is 47.3 Å². The fourth-order valence-corrected chi connectivity index (χ4v) is 5.81. The van der Waals surface area contributed by atoms with Gasteiger partial charge in [0, 0.05) is 37.1 Å². The first-order chi connectivity index (χ1) is 18.0. The topological polar surface area (TPSA) is 107 Å². The Bertz CT molecular complexity index is 1230. The average molecular weight is 520 g/mol. The van der Waals surface area contributed by atoms with Crippen LogP contribution in [0.25, 0.3) is 10.4 Å². The molecule has 37 heavy (non-hydrogen) atoms. The normalized spacial score (nSPS) is 18.1. The average Bonchev–Trinajstić information content (AvgIpc) is 3.62. The number of rotatable bonds is 10. The number of amides is 1. The van der Waals surface area contributed by atoms with E-state index in [0.717, 1.165) is 67.3 Å². The first-order valence-electron chi connectivity index (χ1n) is 13.0. The molecule has 0 radical (unpaired) electrons. The van der Waals surface area contributed by atoms with Crippen LogP contribution in [0.2, 0.25) is 0 Å². The SMILES string of the molecule is O=C(N[C@H](CCN1CC[C@@H](CCc2ccc3c(n2)NCCC3)C1)C(=O)O)c1cccc(-c2cncs2)c1. The summed E-state index contributed by atoms with van der Waals surface area (Å²) >= 11 is 1.50. The minimum absolute atomic E-state index is 0.370. The van der Waals surface area contributed by atoms with Crippen LogP contribution in [-0.4, -0.2) is 64.1 Å². The van der Waals surface area contributed by atoms with Gasteiger partial charge in [0.05, 0.1) is 10.4 Å². The lowest BCUT2D eigenvalue weighted by Crippen LogP contribution is -2.43. The molecule has 3 aromatic rings. The third-order valence-electron chi connectivity index (χ3n) is 7.31. The molecular weight excluding hydrogens is 486 g/mol. The van der Waals surface area contributed by atoms with Gasteiger partial charge < -0.3 is 20.6 Å². The predicted octanol–water partition coefficient (Wildman–Crippen LogP) is 4.09. The van der Waals surface area contributed by atoms with Gasteiger partial charge in [-0.05, 0) is 80.3 Å². The number of nitrogens with one attached hydrogen (secondary N) is 2. The molecule has 2 aromatic heterocycles. The lowest BCUT2D eigenvalue weighted by molar-refractivity contribution is -0.139. The van der Waals surface area contributed by atoms with Crippen LogP contribution in [0.3, 0.4) is 0 Å². The van der Waals surface area contributed by atoms with E-state index in [0.29, 0.717) is 24.4 Å². The van der Waals surface area contributed by atoms with Crippen molar-refractivity contribution in [1.29, 1.82) is 0 Å². The second kappa shape index (κ2) is 11.8. The maximum Gasteiger partial charge on any atom is 0.326 e. The van der Waals surface area contributed by atoms with Crippen LogP contribution in [-0.2, 0) is 17.6 Å². The molecule has 2 atom stereocenters. The highest BCUT2D eigenvalue weighted by molar-refractivity contribution is 7.13. The second-order valence-electron chi connectivity index (χ2n) is 9.93. The van der Waals surface area contributed by atoms with Gasteiger partial charge in [-0.25, -0.2) is 9.78 Å². The summed E-state index contributed by atoms with van der Waals surface area (Å²) < 4.78 is 0. The van der Waals surface area contributed by atoms with Gasteiger partial charge in [-0.2, -0.15) is 0 Å². The number of likely N-dealkylation sites (tertiary alicyclic amines) is 1. The minimum Gasteiger partial charge on any atom is -0.480 e. The first-order valence-corrected chi connectivity index (χ1v) is 13.9. The summed E-state index contributed by atoms with van der Waals surface area (Å²) in [6.45, 7) is 3.56. The molecule has 0 bridgehead atoms. The Labute approximate surface area is 221 Å². The number of pyridine rings is 1. The predicted molar refractivity (Wildman–Crippen MR) is 145 cm³/mol. The number of nitrogens with zero attached hydrogens (tertiary/aromatic N) is 3. The number of hydrogen-bond acceptors (Lipinski definition) is 7. The molecule has 5 rings (SSSR count). The monoisotopic (exact) mass is 519 g/mol. The van der Waals surface area contributed by atoms with Crippen molar-refractivity contribution in [3.8, 4) is 10.4 Å². The molecule has 0 aliphatic carbocycles. The summed E-state index contributed by atoms with van der Waals surface area (Å²) in [5.41, 5.74) is 5.54. The lowest BCUT2D eigenvalue weighted by atomic mass is 10.00. The quantitative estimate of drug-likeness (QED) is 0.370. The van der Waals surface area contributed by atoms with Crippen molar-refractivity contribution in [2.45, 2.75) is 44.6 Å². The standard InChI is InChI=1S/C28H33N5O3S/c34-27(22-4-1-3-21(15-22)25-16-29-18-37-25)32-24(28(35)36)11-14-33-13-10-19(17-33)6-8-23-9-7-20-5-2-12-30-26(20)31-23/h1,3-4,7,9,15-16,18-19,24H,2,5-6,8,10-14,17H2,(H,30,31)(H,32,34)(H,35,36)/t19-,24-/m1/s1.